The van der Waals surface area contributed by atoms with Crippen LogP contribution in [0.5, 0.6) is 0 Å². The zero-order valence-electron chi connectivity index (χ0n) is 23.8. The number of non-ortho nitro benzene ring substituents is 2. The minimum absolute atomic E-state index is 0.0237. The van der Waals surface area contributed by atoms with Crippen molar-refractivity contribution in [3.8, 4) is 0 Å². The predicted molar refractivity (Wildman–Crippen MR) is 163 cm³/mol. The first-order chi connectivity index (χ1) is 21.9. The van der Waals surface area contributed by atoms with E-state index in [-0.39, 0.29) is 58.6 Å². The van der Waals surface area contributed by atoms with Crippen LogP contribution in [-0.2, 0) is 9.84 Å². The van der Waals surface area contributed by atoms with Gasteiger partial charge in [-0.1, -0.05) is 24.3 Å². The Hall–Kier alpha value is -5.61. The molecule has 0 aliphatic carbocycles. The number of hydrogen-bond donors (Lipinski definition) is 1. The van der Waals surface area contributed by atoms with Crippen LogP contribution in [0, 0.1) is 20.2 Å². The Morgan fingerprint density at radius 2 is 1.07 bits per heavy atom. The Kier molecular flexibility index (Phi) is 7.53. The van der Waals surface area contributed by atoms with Gasteiger partial charge in [0.25, 0.3) is 35.0 Å². The largest absolute Gasteiger partial charge is 0.314 e. The van der Waals surface area contributed by atoms with Gasteiger partial charge in [-0.2, -0.15) is 0 Å². The number of amides is 4. The third kappa shape index (κ3) is 5.22. The van der Waals surface area contributed by atoms with Crippen LogP contribution in [0.2, 0.25) is 0 Å². The number of rotatable bonds is 11. The SMILES string of the molecule is O=C1c2cccc3cc([N+](=O)[O-])cc(c23)C(=O)N1CCNCCS(=O)(=O)CCN1C(=O)c2cccc3cc([N+](=O)[O-])cc(c23)C1=O. The first-order valence-electron chi connectivity index (χ1n) is 13.9. The Labute approximate surface area is 259 Å². The van der Waals surface area contributed by atoms with E-state index in [4.69, 9.17) is 0 Å². The lowest BCUT2D eigenvalue weighted by Crippen LogP contribution is -2.44. The van der Waals surface area contributed by atoms with Crippen LogP contribution in [0.15, 0.2) is 60.7 Å². The molecule has 0 spiro atoms. The summed E-state index contributed by atoms with van der Waals surface area (Å²) in [6.45, 7) is -0.654. The lowest BCUT2D eigenvalue weighted by Gasteiger charge is -2.27. The van der Waals surface area contributed by atoms with Crippen molar-refractivity contribution in [3.05, 3.63) is 103 Å². The molecule has 1 N–H and O–H groups in total. The van der Waals surface area contributed by atoms with E-state index in [1.165, 1.54) is 30.3 Å². The summed E-state index contributed by atoms with van der Waals surface area (Å²) in [6.07, 6.45) is 0. The van der Waals surface area contributed by atoms with Gasteiger partial charge in [-0.3, -0.25) is 49.2 Å². The van der Waals surface area contributed by atoms with E-state index in [0.29, 0.717) is 16.2 Å². The molecular formula is C30H23N5O10S. The average molecular weight is 646 g/mol. The highest BCUT2D eigenvalue weighted by molar-refractivity contribution is 7.91. The van der Waals surface area contributed by atoms with Gasteiger partial charge in [-0.15, -0.1) is 0 Å². The highest BCUT2D eigenvalue weighted by Gasteiger charge is 2.36. The van der Waals surface area contributed by atoms with Gasteiger partial charge >= 0.3 is 0 Å². The Morgan fingerprint density at radius 3 is 1.54 bits per heavy atom. The maximum Gasteiger partial charge on any atom is 0.270 e. The van der Waals surface area contributed by atoms with Crippen LogP contribution in [0.3, 0.4) is 0 Å². The summed E-state index contributed by atoms with van der Waals surface area (Å²) in [5, 5.41) is 27.0. The van der Waals surface area contributed by atoms with Crippen LogP contribution in [0.25, 0.3) is 21.5 Å². The number of nitrogens with zero attached hydrogens (tertiary/aromatic N) is 4. The fraction of sp³-hybridized carbons (Fsp3) is 0.200. The third-order valence-electron chi connectivity index (χ3n) is 7.98. The zero-order valence-corrected chi connectivity index (χ0v) is 24.6. The Balaban J connectivity index is 1.07. The molecule has 0 bridgehead atoms. The van der Waals surface area contributed by atoms with Gasteiger partial charge in [0.05, 0.1) is 32.5 Å². The molecule has 4 aromatic rings. The fourth-order valence-corrected chi connectivity index (χ4v) is 6.90. The van der Waals surface area contributed by atoms with Crippen molar-refractivity contribution >= 4 is 66.4 Å². The zero-order chi connectivity index (χ0) is 32.9. The highest BCUT2D eigenvalue weighted by Crippen LogP contribution is 2.34. The lowest BCUT2D eigenvalue weighted by atomic mass is 9.93. The van der Waals surface area contributed by atoms with Crippen molar-refractivity contribution in [2.75, 3.05) is 37.7 Å². The van der Waals surface area contributed by atoms with Gasteiger partial charge in [0.15, 0.2) is 9.84 Å². The minimum Gasteiger partial charge on any atom is -0.314 e. The van der Waals surface area contributed by atoms with E-state index in [2.05, 4.69) is 5.32 Å². The topological polar surface area (TPSA) is 207 Å². The van der Waals surface area contributed by atoms with Crippen LogP contribution < -0.4 is 5.32 Å². The molecule has 2 aliphatic heterocycles. The molecule has 2 heterocycles. The van der Waals surface area contributed by atoms with Crippen LogP contribution >= 0.6 is 0 Å². The predicted octanol–water partition coefficient (Wildman–Crippen LogP) is 2.71. The molecule has 0 fully saturated rings. The number of benzene rings is 4. The minimum atomic E-state index is -3.81. The number of carbonyl (C=O) groups is 4. The average Bonchev–Trinajstić information content (AvgIpc) is 3.02. The van der Waals surface area contributed by atoms with Crippen molar-refractivity contribution in [1.29, 1.82) is 0 Å². The molecule has 46 heavy (non-hydrogen) atoms. The van der Waals surface area contributed by atoms with E-state index in [1.54, 1.807) is 18.2 Å². The molecule has 0 saturated carbocycles. The first kappa shape index (κ1) is 30.4. The summed E-state index contributed by atoms with van der Waals surface area (Å²) in [7, 11) is -3.81. The third-order valence-corrected chi connectivity index (χ3v) is 9.61. The number of nitro groups is 2. The molecule has 4 amide bonds. The van der Waals surface area contributed by atoms with E-state index in [9.17, 15) is 47.8 Å². The molecule has 0 saturated heterocycles. The van der Waals surface area contributed by atoms with E-state index >= 15 is 0 Å². The van der Waals surface area contributed by atoms with Crippen LogP contribution in [0.4, 0.5) is 11.4 Å². The second-order valence-electron chi connectivity index (χ2n) is 10.7. The first-order valence-corrected chi connectivity index (χ1v) is 15.8. The molecule has 15 nitrogen and oxygen atoms in total. The van der Waals surface area contributed by atoms with Gasteiger partial charge < -0.3 is 5.32 Å². The number of carbonyl (C=O) groups excluding carboxylic acids is 4. The maximum atomic E-state index is 13.2. The number of hydrogen-bond acceptors (Lipinski definition) is 11. The standard InChI is InChI=1S/C30H23N5O10S/c36-27-21-5-1-3-17-13-19(34(40)41)15-23(25(17)21)29(38)32(27)9-7-31-8-11-46(44,45)12-10-33-28(37)22-6-2-4-18-14-20(35(42)43)16-24(26(18)22)30(33)39/h1-6,13-16,31H,7-12H2. The number of imide groups is 2. The van der Waals surface area contributed by atoms with Crippen molar-refractivity contribution in [1.82, 2.24) is 15.1 Å². The summed E-state index contributed by atoms with van der Waals surface area (Å²) in [5.41, 5.74) is -0.306. The van der Waals surface area contributed by atoms with Gasteiger partial charge in [0.1, 0.15) is 0 Å². The molecule has 0 radical (unpaired) electrons. The summed E-state index contributed by atoms with van der Waals surface area (Å²) in [4.78, 5) is 75.7. The number of nitrogens with one attached hydrogen (secondary N) is 1. The number of sulfone groups is 1. The van der Waals surface area contributed by atoms with Crippen molar-refractivity contribution in [2.24, 2.45) is 0 Å². The molecule has 234 valence electrons. The maximum absolute atomic E-state index is 13.2. The summed E-state index contributed by atoms with van der Waals surface area (Å²) in [5.74, 6) is -3.77. The summed E-state index contributed by atoms with van der Waals surface area (Å²) >= 11 is 0. The quantitative estimate of drug-likeness (QED) is 0.109. The lowest BCUT2D eigenvalue weighted by molar-refractivity contribution is -0.384. The van der Waals surface area contributed by atoms with Crippen LogP contribution in [0.1, 0.15) is 41.4 Å². The van der Waals surface area contributed by atoms with Gasteiger partial charge in [0, 0.05) is 72.3 Å². The second kappa shape index (κ2) is 11.4. The van der Waals surface area contributed by atoms with Gasteiger partial charge in [0.2, 0.25) is 0 Å². The molecule has 16 heteroatoms. The fourth-order valence-electron chi connectivity index (χ4n) is 5.78. The molecule has 4 aromatic carbocycles. The monoisotopic (exact) mass is 645 g/mol. The van der Waals surface area contributed by atoms with Crippen molar-refractivity contribution in [2.45, 2.75) is 0 Å². The van der Waals surface area contributed by atoms with E-state index in [0.717, 1.165) is 21.9 Å². The molecule has 0 atom stereocenters. The molecule has 0 unspecified atom stereocenters. The Bertz CT molecular complexity index is 2160. The highest BCUT2D eigenvalue weighted by atomic mass is 32.2. The Morgan fingerprint density at radius 1 is 0.609 bits per heavy atom. The van der Waals surface area contributed by atoms with E-state index < -0.39 is 61.4 Å². The summed E-state index contributed by atoms with van der Waals surface area (Å²) < 4.78 is 25.6. The van der Waals surface area contributed by atoms with Crippen molar-refractivity contribution in [3.63, 3.8) is 0 Å². The van der Waals surface area contributed by atoms with Crippen LogP contribution in [-0.4, -0.2) is 89.4 Å². The smallest absolute Gasteiger partial charge is 0.270 e. The molecule has 2 aliphatic rings. The van der Waals surface area contributed by atoms with Gasteiger partial charge in [-0.25, -0.2) is 8.42 Å². The van der Waals surface area contributed by atoms with Crippen molar-refractivity contribution < 1.29 is 37.4 Å². The summed E-state index contributed by atoms with van der Waals surface area (Å²) in [6, 6.07) is 14.0. The molecule has 0 aromatic heterocycles. The molecule has 6 rings (SSSR count). The normalized spacial score (nSPS) is 14.4. The van der Waals surface area contributed by atoms with E-state index in [1.807, 2.05) is 0 Å². The second-order valence-corrected chi connectivity index (χ2v) is 13.0. The van der Waals surface area contributed by atoms with Gasteiger partial charge in [-0.05, 0) is 22.9 Å². The number of nitro benzene ring substituents is 2. The molecular weight excluding hydrogens is 622 g/mol.